The fourth-order valence-corrected chi connectivity index (χ4v) is 3.68. The van der Waals surface area contributed by atoms with Crippen molar-refractivity contribution in [1.82, 2.24) is 0 Å². The number of carbonyl (C=O) groups is 3. The van der Waals surface area contributed by atoms with E-state index in [4.69, 9.17) is 10.00 Å². The fourth-order valence-electron chi connectivity index (χ4n) is 2.98. The maximum Gasteiger partial charge on any atom is 0.524 e. The molecule has 1 saturated heterocycles. The summed E-state index contributed by atoms with van der Waals surface area (Å²) >= 11 is 1.02. The maximum absolute atomic E-state index is 13.2. The molecule has 0 bridgehead atoms. The van der Waals surface area contributed by atoms with Gasteiger partial charge < -0.3 is 4.74 Å². The van der Waals surface area contributed by atoms with Gasteiger partial charge in [0.25, 0.3) is 0 Å². The smallest absolute Gasteiger partial charge is 0.414 e. The molecule has 6 nitrogen and oxygen atoms in total. The van der Waals surface area contributed by atoms with Gasteiger partial charge in [0.05, 0.1) is 25.0 Å². The van der Waals surface area contributed by atoms with Gasteiger partial charge in [-0.05, 0) is 27.7 Å². The van der Waals surface area contributed by atoms with Crippen LogP contribution in [0.2, 0.25) is 0 Å². The third-order valence-corrected chi connectivity index (χ3v) is 5.15. The second-order valence-electron chi connectivity index (χ2n) is 7.26. The minimum atomic E-state index is -0.691. The molecule has 0 saturated carbocycles. The van der Waals surface area contributed by atoms with Crippen molar-refractivity contribution in [2.24, 2.45) is 5.92 Å². The van der Waals surface area contributed by atoms with E-state index in [9.17, 15) is 14.4 Å². The van der Waals surface area contributed by atoms with Gasteiger partial charge in [-0.15, -0.1) is 0 Å². The monoisotopic (exact) mass is 355 g/mol. The van der Waals surface area contributed by atoms with E-state index in [0.717, 1.165) is 24.6 Å². The number of ether oxygens (including phenoxy) is 1. The fraction of sp³-hybridized carbons (Fsp3) is 0.765. The van der Waals surface area contributed by atoms with E-state index < -0.39 is 17.6 Å². The molecule has 3 atom stereocenters. The predicted molar refractivity (Wildman–Crippen MR) is 91.9 cm³/mol. The third-order valence-electron chi connectivity index (χ3n) is 4.17. The van der Waals surface area contributed by atoms with Crippen LogP contribution in [0.5, 0.6) is 0 Å². The van der Waals surface area contributed by atoms with Crippen LogP contribution in [0.15, 0.2) is 0 Å². The molecule has 0 aromatic carbocycles. The van der Waals surface area contributed by atoms with Crippen LogP contribution in [0.1, 0.15) is 53.9 Å². The van der Waals surface area contributed by atoms with Crippen LogP contribution in [-0.2, 0) is 14.3 Å². The van der Waals surface area contributed by atoms with Gasteiger partial charge in [0.15, 0.2) is 5.12 Å². The van der Waals surface area contributed by atoms with E-state index in [1.165, 1.54) is 6.92 Å². The summed E-state index contributed by atoms with van der Waals surface area (Å²) in [6, 6.07) is 1.82. The number of nitriles is 1. The van der Waals surface area contributed by atoms with Gasteiger partial charge in [-0.3, -0.25) is 4.79 Å². The Bertz CT molecular complexity index is 550. The first-order valence-electron chi connectivity index (χ1n) is 8.20. The number of rotatable bonds is 4. The van der Waals surface area contributed by atoms with E-state index >= 15 is 0 Å². The first kappa shape index (κ1) is 20.7. The highest BCUT2D eigenvalue weighted by Crippen LogP contribution is 2.34. The van der Waals surface area contributed by atoms with Crippen molar-refractivity contribution in [2.75, 3.05) is 12.3 Å². The SMILES string of the molecule is CC(=O)SCC(CC#N)C(=O)[N+]1(C(=O)OC(C)(C)C)CCC[C@H]1C. The van der Waals surface area contributed by atoms with Crippen molar-refractivity contribution in [3.63, 3.8) is 0 Å². The Labute approximate surface area is 148 Å². The van der Waals surface area contributed by atoms with E-state index in [-0.39, 0.29) is 33.7 Å². The number of imide groups is 1. The molecule has 7 heteroatoms. The molecule has 2 unspecified atom stereocenters. The number of amides is 2. The minimum Gasteiger partial charge on any atom is -0.414 e. The highest BCUT2D eigenvalue weighted by molar-refractivity contribution is 8.13. The van der Waals surface area contributed by atoms with Gasteiger partial charge >= 0.3 is 12.0 Å². The average Bonchev–Trinajstić information content (AvgIpc) is 2.83. The summed E-state index contributed by atoms with van der Waals surface area (Å²) in [5, 5.41) is 8.94. The zero-order valence-electron chi connectivity index (χ0n) is 15.1. The van der Waals surface area contributed by atoms with Gasteiger partial charge in [-0.25, -0.2) is 4.79 Å². The van der Waals surface area contributed by atoms with Gasteiger partial charge in [0, 0.05) is 25.5 Å². The standard InChI is InChI=1S/C17H27N2O4S/c1-12-7-6-10-19(12,16(22)23-17(3,4)5)15(21)14(8-9-18)11-24-13(2)20/h12,14H,6-8,10-11H2,1-5H3/q+1/t12-,14?,19?/m1/s1. The van der Waals surface area contributed by atoms with Crippen LogP contribution < -0.4 is 0 Å². The zero-order valence-corrected chi connectivity index (χ0v) is 15.9. The van der Waals surface area contributed by atoms with Gasteiger partial charge in [0.2, 0.25) is 0 Å². The first-order valence-corrected chi connectivity index (χ1v) is 9.19. The molecule has 2 amide bonds. The van der Waals surface area contributed by atoms with Gasteiger partial charge in [-0.2, -0.15) is 14.5 Å². The summed E-state index contributed by atoms with van der Waals surface area (Å²) in [5.41, 5.74) is -0.691. The van der Waals surface area contributed by atoms with Crippen molar-refractivity contribution < 1.29 is 23.6 Å². The van der Waals surface area contributed by atoms with E-state index in [1.54, 1.807) is 20.8 Å². The highest BCUT2D eigenvalue weighted by atomic mass is 32.2. The first-order chi connectivity index (χ1) is 11.0. The number of quaternary nitrogens is 1. The predicted octanol–water partition coefficient (Wildman–Crippen LogP) is 3.26. The van der Waals surface area contributed by atoms with Crippen molar-refractivity contribution in [3.8, 4) is 6.07 Å². The normalized spacial score (nSPS) is 24.9. The third kappa shape index (κ3) is 4.81. The van der Waals surface area contributed by atoms with E-state index in [1.807, 2.05) is 13.0 Å². The molecule has 0 radical (unpaired) electrons. The zero-order chi connectivity index (χ0) is 18.5. The highest BCUT2D eigenvalue weighted by Gasteiger charge is 2.56. The summed E-state index contributed by atoms with van der Waals surface area (Å²) < 4.78 is 5.15. The van der Waals surface area contributed by atoms with Gasteiger partial charge in [-0.1, -0.05) is 11.8 Å². The Hall–Kier alpha value is -1.39. The molecule has 0 spiro atoms. The molecule has 1 rings (SSSR count). The summed E-state index contributed by atoms with van der Waals surface area (Å²) in [7, 11) is 0. The van der Waals surface area contributed by atoms with E-state index in [2.05, 4.69) is 0 Å². The summed E-state index contributed by atoms with van der Waals surface area (Å²) in [4.78, 5) is 37.3. The van der Waals surface area contributed by atoms with E-state index in [0.29, 0.717) is 6.54 Å². The Kier molecular flexibility index (Phi) is 6.99. The molecule has 0 aromatic heterocycles. The lowest BCUT2D eigenvalue weighted by Gasteiger charge is -2.35. The van der Waals surface area contributed by atoms with Crippen molar-refractivity contribution in [1.29, 1.82) is 5.26 Å². The summed E-state index contributed by atoms with van der Waals surface area (Å²) in [6.07, 6.45) is 0.956. The second kappa shape index (κ2) is 8.13. The van der Waals surface area contributed by atoms with Crippen LogP contribution >= 0.6 is 11.8 Å². The van der Waals surface area contributed by atoms with Gasteiger partial charge in [0.1, 0.15) is 11.6 Å². The topological polar surface area (TPSA) is 84.2 Å². The quantitative estimate of drug-likeness (QED) is 0.720. The van der Waals surface area contributed by atoms with Crippen molar-refractivity contribution in [2.45, 2.75) is 65.5 Å². The molecular weight excluding hydrogens is 328 g/mol. The molecule has 0 aliphatic carbocycles. The largest absolute Gasteiger partial charge is 0.524 e. The van der Waals surface area contributed by atoms with Crippen LogP contribution in [0.4, 0.5) is 4.79 Å². The Morgan fingerprint density at radius 2 is 2.00 bits per heavy atom. The lowest BCUT2D eigenvalue weighted by molar-refractivity contribution is -0.795. The molecule has 0 N–H and O–H groups in total. The number of likely N-dealkylation sites (tertiary alicyclic amines) is 1. The van der Waals surface area contributed by atoms with Crippen LogP contribution in [0, 0.1) is 17.2 Å². The lowest BCUT2D eigenvalue weighted by Crippen LogP contribution is -2.62. The molecule has 1 heterocycles. The lowest BCUT2D eigenvalue weighted by atomic mass is 10.0. The molecule has 134 valence electrons. The molecule has 1 aliphatic heterocycles. The molecule has 1 fully saturated rings. The van der Waals surface area contributed by atoms with Crippen LogP contribution in [0.25, 0.3) is 0 Å². The van der Waals surface area contributed by atoms with Crippen LogP contribution in [0.3, 0.4) is 0 Å². The number of carbonyl (C=O) groups excluding carboxylic acids is 3. The Balaban J connectivity index is 3.14. The number of hydrogen-bond acceptors (Lipinski definition) is 6. The molecule has 24 heavy (non-hydrogen) atoms. The number of hydrogen-bond donors (Lipinski definition) is 0. The molecule has 1 aliphatic rings. The Morgan fingerprint density at radius 1 is 1.38 bits per heavy atom. The Morgan fingerprint density at radius 3 is 2.42 bits per heavy atom. The minimum absolute atomic E-state index is 0.00533. The maximum atomic E-state index is 13.2. The number of nitrogens with zero attached hydrogens (tertiary/aromatic N) is 2. The average molecular weight is 355 g/mol. The second-order valence-corrected chi connectivity index (χ2v) is 8.46. The molecular formula is C17H27N2O4S+. The van der Waals surface area contributed by atoms with Crippen molar-refractivity contribution in [3.05, 3.63) is 0 Å². The summed E-state index contributed by atoms with van der Waals surface area (Å²) in [6.45, 7) is 8.99. The molecule has 0 aromatic rings. The summed E-state index contributed by atoms with van der Waals surface area (Å²) in [5.74, 6) is -0.737. The van der Waals surface area contributed by atoms with Crippen molar-refractivity contribution >= 4 is 28.9 Å². The van der Waals surface area contributed by atoms with Crippen LogP contribution in [-0.4, -0.2) is 45.5 Å². The number of thioether (sulfide) groups is 1.